The summed E-state index contributed by atoms with van der Waals surface area (Å²) in [5.41, 5.74) is 1.82. The number of benzene rings is 1. The van der Waals surface area contributed by atoms with Gasteiger partial charge in [-0.05, 0) is 44.9 Å². The molecule has 0 bridgehead atoms. The van der Waals surface area contributed by atoms with Gasteiger partial charge in [0.15, 0.2) is 5.13 Å². The van der Waals surface area contributed by atoms with Crippen molar-refractivity contribution in [1.29, 1.82) is 0 Å². The number of carbonyl (C=O) groups is 2. The van der Waals surface area contributed by atoms with Crippen molar-refractivity contribution in [2.24, 2.45) is 11.8 Å². The van der Waals surface area contributed by atoms with E-state index in [2.05, 4.69) is 10.3 Å². The van der Waals surface area contributed by atoms with Gasteiger partial charge in [-0.3, -0.25) is 9.59 Å². The minimum atomic E-state index is -0.936. The van der Waals surface area contributed by atoms with E-state index in [0.717, 1.165) is 21.5 Å². The number of amides is 1. The van der Waals surface area contributed by atoms with Crippen LogP contribution in [0.5, 0.6) is 5.75 Å². The van der Waals surface area contributed by atoms with Crippen LogP contribution in [0.3, 0.4) is 0 Å². The Morgan fingerprint density at radius 1 is 1.40 bits per heavy atom. The first-order chi connectivity index (χ1) is 12.0. The molecule has 1 aliphatic carbocycles. The smallest absolute Gasteiger partial charge is 0.307 e. The lowest BCUT2D eigenvalue weighted by Crippen LogP contribution is -2.35. The number of aromatic nitrogens is 1. The van der Waals surface area contributed by atoms with Crippen molar-refractivity contribution in [2.45, 2.75) is 26.7 Å². The Hall–Kier alpha value is -2.41. The molecule has 1 aliphatic rings. The van der Waals surface area contributed by atoms with E-state index in [9.17, 15) is 14.7 Å². The van der Waals surface area contributed by atoms with Crippen LogP contribution < -0.4 is 10.1 Å². The zero-order valence-corrected chi connectivity index (χ0v) is 14.9. The molecule has 2 atom stereocenters. The first kappa shape index (κ1) is 17.4. The number of allylic oxidation sites excluding steroid dienone is 2. The maximum Gasteiger partial charge on any atom is 0.307 e. The molecule has 0 saturated carbocycles. The summed E-state index contributed by atoms with van der Waals surface area (Å²) in [5, 5.41) is 12.6. The predicted molar refractivity (Wildman–Crippen MR) is 97.0 cm³/mol. The van der Waals surface area contributed by atoms with Gasteiger partial charge >= 0.3 is 5.97 Å². The third kappa shape index (κ3) is 3.82. The molecule has 6 nitrogen and oxygen atoms in total. The summed E-state index contributed by atoms with van der Waals surface area (Å²) in [6.07, 6.45) is 2.74. The number of nitrogens with one attached hydrogen (secondary N) is 1. The SMILES string of the molecule is CCOc1ccc2nc(NC(=O)[C@H]3CC(C)=CC[C@H]3C(=O)O)sc2c1. The molecule has 1 heterocycles. The summed E-state index contributed by atoms with van der Waals surface area (Å²) in [7, 11) is 0. The van der Waals surface area contributed by atoms with Gasteiger partial charge in [-0.2, -0.15) is 0 Å². The number of anilines is 1. The highest BCUT2D eigenvalue weighted by molar-refractivity contribution is 7.22. The van der Waals surface area contributed by atoms with Gasteiger partial charge in [0.05, 0.1) is 28.7 Å². The van der Waals surface area contributed by atoms with Gasteiger partial charge in [0.1, 0.15) is 5.75 Å². The van der Waals surface area contributed by atoms with Crippen molar-refractivity contribution in [3.63, 3.8) is 0 Å². The number of ether oxygens (including phenoxy) is 1. The molecular weight excluding hydrogens is 340 g/mol. The Morgan fingerprint density at radius 3 is 2.92 bits per heavy atom. The zero-order valence-electron chi connectivity index (χ0n) is 14.1. The van der Waals surface area contributed by atoms with Crippen LogP contribution in [0.1, 0.15) is 26.7 Å². The van der Waals surface area contributed by atoms with E-state index in [4.69, 9.17) is 4.74 Å². The van der Waals surface area contributed by atoms with Crippen LogP contribution in [-0.4, -0.2) is 28.6 Å². The molecule has 132 valence electrons. The molecular formula is C18H20N2O4S. The van der Waals surface area contributed by atoms with Crippen LogP contribution in [0.2, 0.25) is 0 Å². The lowest BCUT2D eigenvalue weighted by molar-refractivity contribution is -0.146. The van der Waals surface area contributed by atoms with Crippen LogP contribution in [-0.2, 0) is 9.59 Å². The Morgan fingerprint density at radius 2 is 2.20 bits per heavy atom. The van der Waals surface area contributed by atoms with E-state index in [1.165, 1.54) is 11.3 Å². The highest BCUT2D eigenvalue weighted by Gasteiger charge is 2.35. The number of fused-ring (bicyclic) bond motifs is 1. The Kier molecular flexibility index (Phi) is 5.03. The Labute approximate surface area is 149 Å². The van der Waals surface area contributed by atoms with Crippen LogP contribution in [0.4, 0.5) is 5.13 Å². The largest absolute Gasteiger partial charge is 0.494 e. The van der Waals surface area contributed by atoms with Crippen molar-refractivity contribution < 1.29 is 19.4 Å². The molecule has 3 rings (SSSR count). The van der Waals surface area contributed by atoms with Crippen LogP contribution in [0, 0.1) is 11.8 Å². The lowest BCUT2D eigenvalue weighted by atomic mass is 9.79. The van der Waals surface area contributed by atoms with Crippen LogP contribution in [0.25, 0.3) is 10.2 Å². The highest BCUT2D eigenvalue weighted by Crippen LogP contribution is 2.33. The average molecular weight is 360 g/mol. The van der Waals surface area contributed by atoms with Crippen LogP contribution >= 0.6 is 11.3 Å². The van der Waals surface area contributed by atoms with Crippen molar-refractivity contribution in [2.75, 3.05) is 11.9 Å². The number of aliphatic carboxylic acids is 1. The highest BCUT2D eigenvalue weighted by atomic mass is 32.1. The van der Waals surface area contributed by atoms with Crippen molar-refractivity contribution >= 4 is 38.6 Å². The fraction of sp³-hybridized carbons (Fsp3) is 0.389. The topological polar surface area (TPSA) is 88.5 Å². The minimum Gasteiger partial charge on any atom is -0.494 e. The van der Waals surface area contributed by atoms with E-state index in [1.807, 2.05) is 38.1 Å². The van der Waals surface area contributed by atoms with Crippen molar-refractivity contribution in [3.8, 4) is 5.75 Å². The fourth-order valence-corrected chi connectivity index (χ4v) is 3.92. The number of carboxylic acid groups (broad SMARTS) is 1. The minimum absolute atomic E-state index is 0.288. The molecule has 1 amide bonds. The summed E-state index contributed by atoms with van der Waals surface area (Å²) in [5.74, 6) is -1.73. The third-order valence-corrected chi connectivity index (χ3v) is 5.24. The summed E-state index contributed by atoms with van der Waals surface area (Å²) in [4.78, 5) is 28.5. The monoisotopic (exact) mass is 360 g/mol. The van der Waals surface area contributed by atoms with Crippen molar-refractivity contribution in [1.82, 2.24) is 4.98 Å². The summed E-state index contributed by atoms with van der Waals surface area (Å²) < 4.78 is 6.38. The quantitative estimate of drug-likeness (QED) is 0.794. The second kappa shape index (κ2) is 7.23. The standard InChI is InChI=1S/C18H20N2O4S/c1-3-24-11-5-7-14-15(9-11)25-18(19-14)20-16(21)13-8-10(2)4-6-12(13)17(22)23/h4-5,7,9,12-13H,3,6,8H2,1-2H3,(H,22,23)(H,19,20,21)/t12-,13+/m1/s1. The summed E-state index contributed by atoms with van der Waals surface area (Å²) >= 11 is 1.35. The lowest BCUT2D eigenvalue weighted by Gasteiger charge is -2.26. The predicted octanol–water partition coefficient (Wildman–Crippen LogP) is 3.69. The van der Waals surface area contributed by atoms with Gasteiger partial charge in [-0.1, -0.05) is 23.0 Å². The van der Waals surface area contributed by atoms with Gasteiger partial charge in [0, 0.05) is 0 Å². The molecule has 0 radical (unpaired) electrons. The molecule has 0 saturated heterocycles. The van der Waals surface area contributed by atoms with E-state index < -0.39 is 17.8 Å². The molecule has 1 aromatic carbocycles. The summed E-state index contributed by atoms with van der Waals surface area (Å²) in [6, 6.07) is 5.58. The van der Waals surface area contributed by atoms with Gasteiger partial charge < -0.3 is 15.2 Å². The molecule has 0 unspecified atom stereocenters. The van der Waals surface area contributed by atoms with Gasteiger partial charge in [0.2, 0.25) is 5.91 Å². The number of thiazole rings is 1. The number of hydrogen-bond acceptors (Lipinski definition) is 5. The summed E-state index contributed by atoms with van der Waals surface area (Å²) in [6.45, 7) is 4.42. The normalized spacial score (nSPS) is 20.2. The molecule has 7 heteroatoms. The number of rotatable bonds is 5. The van der Waals surface area contributed by atoms with E-state index in [0.29, 0.717) is 24.6 Å². The zero-order chi connectivity index (χ0) is 18.0. The van der Waals surface area contributed by atoms with Gasteiger partial charge in [-0.25, -0.2) is 4.98 Å². The molecule has 2 aromatic rings. The molecule has 0 spiro atoms. The van der Waals surface area contributed by atoms with E-state index in [1.54, 1.807) is 0 Å². The number of carbonyl (C=O) groups excluding carboxylic acids is 1. The Balaban J connectivity index is 1.78. The molecule has 25 heavy (non-hydrogen) atoms. The maximum absolute atomic E-state index is 12.6. The molecule has 0 aliphatic heterocycles. The second-order valence-electron chi connectivity index (χ2n) is 6.11. The Bertz CT molecular complexity index is 843. The van der Waals surface area contributed by atoms with Crippen molar-refractivity contribution in [3.05, 3.63) is 29.8 Å². The maximum atomic E-state index is 12.6. The number of hydrogen-bond donors (Lipinski definition) is 2. The van der Waals surface area contributed by atoms with E-state index >= 15 is 0 Å². The molecule has 0 fully saturated rings. The third-order valence-electron chi connectivity index (χ3n) is 4.30. The van der Waals surface area contributed by atoms with Crippen LogP contribution in [0.15, 0.2) is 29.8 Å². The second-order valence-corrected chi connectivity index (χ2v) is 7.14. The first-order valence-electron chi connectivity index (χ1n) is 8.20. The van der Waals surface area contributed by atoms with E-state index in [-0.39, 0.29) is 5.91 Å². The molecule has 1 aromatic heterocycles. The fourth-order valence-electron chi connectivity index (χ4n) is 3.03. The average Bonchev–Trinajstić information content (AvgIpc) is 2.96. The van der Waals surface area contributed by atoms with Gasteiger partial charge in [-0.15, -0.1) is 0 Å². The number of nitrogens with zero attached hydrogens (tertiary/aromatic N) is 1. The first-order valence-corrected chi connectivity index (χ1v) is 9.02. The molecule has 2 N–H and O–H groups in total. The van der Waals surface area contributed by atoms with Gasteiger partial charge in [0.25, 0.3) is 0 Å². The number of carboxylic acids is 1.